The minimum Gasteiger partial charge on any atom is -0.481 e. The maximum atomic E-state index is 10.8. The molecule has 1 atom stereocenters. The van der Waals surface area contributed by atoms with E-state index in [1.54, 1.807) is 13.8 Å². The maximum Gasteiger partial charge on any atom is 0.329 e. The molecule has 98 valence electrons. The van der Waals surface area contributed by atoms with Gasteiger partial charge in [-0.1, -0.05) is 0 Å². The number of nitrogens with zero attached hydrogens (tertiary/aromatic N) is 2. The number of rotatable bonds is 4. The predicted molar refractivity (Wildman–Crippen MR) is 60.7 cm³/mol. The van der Waals surface area contributed by atoms with Crippen LogP contribution in [0.4, 0.5) is 0 Å². The zero-order chi connectivity index (χ0) is 11.6. The lowest BCUT2D eigenvalue weighted by Crippen LogP contribution is -2.22. The van der Waals surface area contributed by atoms with Crippen LogP contribution in [0.5, 0.6) is 0 Å². The quantitative estimate of drug-likeness (QED) is 0.613. The molecule has 17 heavy (non-hydrogen) atoms. The van der Waals surface area contributed by atoms with Crippen molar-refractivity contribution >= 4 is 11.9 Å². The van der Waals surface area contributed by atoms with Gasteiger partial charge in [-0.2, -0.15) is 5.10 Å². The third kappa shape index (κ3) is 4.21. The van der Waals surface area contributed by atoms with E-state index in [1.807, 2.05) is 0 Å². The maximum absolute atomic E-state index is 10.8. The highest BCUT2D eigenvalue weighted by atomic mass is 16.4. The lowest BCUT2D eigenvalue weighted by atomic mass is 10.2. The van der Waals surface area contributed by atoms with Gasteiger partial charge in [0, 0.05) is 6.20 Å². The minimum atomic E-state index is -1.19. The molecule has 8 heteroatoms. The molecule has 0 saturated heterocycles. The molecule has 0 aromatic carbocycles. The van der Waals surface area contributed by atoms with Crippen LogP contribution >= 0.6 is 0 Å². The molecule has 8 nitrogen and oxygen atoms in total. The fraction of sp³-hybridized carbons (Fsp3) is 0.444. The fourth-order valence-electron chi connectivity index (χ4n) is 1.19. The molecule has 0 amide bonds. The van der Waals surface area contributed by atoms with Crippen molar-refractivity contribution in [1.29, 1.82) is 0 Å². The third-order valence-corrected chi connectivity index (χ3v) is 2.13. The Kier molecular flexibility index (Phi) is 6.79. The van der Waals surface area contributed by atoms with Crippen LogP contribution in [-0.2, 0) is 9.59 Å². The molecule has 1 aromatic rings. The van der Waals surface area contributed by atoms with E-state index in [2.05, 4.69) is 5.10 Å². The van der Waals surface area contributed by atoms with Crippen molar-refractivity contribution in [3.8, 4) is 0 Å². The van der Waals surface area contributed by atoms with Crippen molar-refractivity contribution in [2.24, 2.45) is 0 Å². The van der Waals surface area contributed by atoms with Crippen molar-refractivity contribution in [1.82, 2.24) is 22.1 Å². The summed E-state index contributed by atoms with van der Waals surface area (Å²) >= 11 is 0. The molecule has 0 aliphatic carbocycles. The average Bonchev–Trinajstić information content (AvgIpc) is 2.42. The second kappa shape index (κ2) is 6.61. The summed E-state index contributed by atoms with van der Waals surface area (Å²) in [7, 11) is 0. The summed E-state index contributed by atoms with van der Waals surface area (Å²) in [6, 6.07) is -1.14. The molecule has 0 aliphatic rings. The van der Waals surface area contributed by atoms with E-state index in [1.165, 1.54) is 10.9 Å². The van der Waals surface area contributed by atoms with Crippen LogP contribution < -0.4 is 12.3 Å². The topological polar surface area (TPSA) is 162 Å². The van der Waals surface area contributed by atoms with Gasteiger partial charge in [0.25, 0.3) is 0 Å². The van der Waals surface area contributed by atoms with Gasteiger partial charge >= 0.3 is 11.9 Å². The number of carbonyl (C=O) groups is 2. The highest BCUT2D eigenvalue weighted by molar-refractivity contribution is 5.79. The van der Waals surface area contributed by atoms with Gasteiger partial charge in [-0.05, 0) is 19.4 Å². The van der Waals surface area contributed by atoms with Crippen LogP contribution in [-0.4, -0.2) is 31.9 Å². The fourth-order valence-corrected chi connectivity index (χ4v) is 1.19. The second-order valence-electron chi connectivity index (χ2n) is 3.33. The van der Waals surface area contributed by atoms with Gasteiger partial charge in [-0.3, -0.25) is 9.48 Å². The summed E-state index contributed by atoms with van der Waals surface area (Å²) in [5.41, 5.74) is 1.54. The molecule has 0 radical (unpaired) electrons. The van der Waals surface area contributed by atoms with E-state index in [4.69, 9.17) is 10.2 Å². The Morgan fingerprint density at radius 2 is 1.88 bits per heavy atom. The van der Waals surface area contributed by atoms with E-state index in [0.717, 1.165) is 5.56 Å². The monoisotopic (exact) mass is 246 g/mol. The normalized spacial score (nSPS) is 10.9. The highest BCUT2D eigenvalue weighted by Crippen LogP contribution is 2.14. The molecule has 0 saturated carbocycles. The summed E-state index contributed by atoms with van der Waals surface area (Å²) in [6.45, 7) is 3.53. The van der Waals surface area contributed by atoms with Gasteiger partial charge in [0.15, 0.2) is 6.04 Å². The van der Waals surface area contributed by atoms with Crippen LogP contribution in [0, 0.1) is 13.8 Å². The summed E-state index contributed by atoms with van der Waals surface area (Å²) < 4.78 is 1.18. The Morgan fingerprint density at radius 3 is 2.18 bits per heavy atom. The first kappa shape index (κ1) is 17.5. The van der Waals surface area contributed by atoms with Crippen LogP contribution in [0.1, 0.15) is 23.7 Å². The molecule has 0 bridgehead atoms. The SMILES string of the molecule is Cc1cn(C(CC(=O)O)C(=O)O)nc1C.N.N. The second-order valence-corrected chi connectivity index (χ2v) is 3.33. The Hall–Kier alpha value is -1.93. The lowest BCUT2D eigenvalue weighted by molar-refractivity contribution is -0.147. The molecule has 1 heterocycles. The van der Waals surface area contributed by atoms with Crippen molar-refractivity contribution in [2.75, 3.05) is 0 Å². The van der Waals surface area contributed by atoms with Crippen molar-refractivity contribution < 1.29 is 19.8 Å². The Bertz CT molecular complexity index is 382. The number of carboxylic acids is 2. The smallest absolute Gasteiger partial charge is 0.329 e. The molecular formula is C9H18N4O4. The van der Waals surface area contributed by atoms with Crippen molar-refractivity contribution in [3.63, 3.8) is 0 Å². The Labute approximate surface area is 98.4 Å². The summed E-state index contributed by atoms with van der Waals surface area (Å²) in [5, 5.41) is 21.4. The first-order valence-corrected chi connectivity index (χ1v) is 4.38. The number of aryl methyl sites for hydroxylation is 2. The Balaban J connectivity index is 0. The van der Waals surface area contributed by atoms with Gasteiger partial charge in [-0.15, -0.1) is 0 Å². The van der Waals surface area contributed by atoms with E-state index in [0.29, 0.717) is 5.69 Å². The van der Waals surface area contributed by atoms with E-state index in [-0.39, 0.29) is 12.3 Å². The first-order chi connectivity index (χ1) is 6.91. The highest BCUT2D eigenvalue weighted by Gasteiger charge is 2.24. The number of aromatic nitrogens is 2. The van der Waals surface area contributed by atoms with Crippen LogP contribution in [0.15, 0.2) is 6.20 Å². The zero-order valence-corrected chi connectivity index (χ0v) is 9.88. The minimum absolute atomic E-state index is 0. The molecule has 1 unspecified atom stereocenters. The molecule has 1 aromatic heterocycles. The lowest BCUT2D eigenvalue weighted by Gasteiger charge is -2.09. The van der Waals surface area contributed by atoms with Gasteiger partial charge in [0.1, 0.15) is 0 Å². The van der Waals surface area contributed by atoms with Crippen molar-refractivity contribution in [2.45, 2.75) is 26.3 Å². The van der Waals surface area contributed by atoms with E-state index < -0.39 is 24.4 Å². The third-order valence-electron chi connectivity index (χ3n) is 2.13. The number of carboxylic acid groups (broad SMARTS) is 2. The summed E-state index contributed by atoms with van der Waals surface area (Å²) in [5.74, 6) is -2.35. The van der Waals surface area contributed by atoms with Gasteiger partial charge in [0.05, 0.1) is 12.1 Å². The molecule has 1 rings (SSSR count). The Morgan fingerprint density at radius 1 is 1.35 bits per heavy atom. The van der Waals surface area contributed by atoms with Crippen LogP contribution in [0.3, 0.4) is 0 Å². The van der Waals surface area contributed by atoms with Crippen LogP contribution in [0.25, 0.3) is 0 Å². The van der Waals surface area contributed by atoms with Crippen LogP contribution in [0.2, 0.25) is 0 Å². The number of aliphatic carboxylic acids is 2. The molecule has 0 aliphatic heterocycles. The predicted octanol–water partition coefficient (Wildman–Crippen LogP) is 0.924. The van der Waals surface area contributed by atoms with Gasteiger partial charge in [-0.25, -0.2) is 4.79 Å². The van der Waals surface area contributed by atoms with E-state index in [9.17, 15) is 9.59 Å². The van der Waals surface area contributed by atoms with Gasteiger partial charge in [0.2, 0.25) is 0 Å². The summed E-state index contributed by atoms with van der Waals surface area (Å²) in [4.78, 5) is 21.3. The molecular weight excluding hydrogens is 228 g/mol. The van der Waals surface area contributed by atoms with Crippen molar-refractivity contribution in [3.05, 3.63) is 17.5 Å². The number of hydrogen-bond acceptors (Lipinski definition) is 5. The number of hydrogen-bond donors (Lipinski definition) is 4. The zero-order valence-electron chi connectivity index (χ0n) is 9.88. The standard InChI is InChI=1S/C9H12N2O4.2H3N/c1-5-4-11(10-6(5)2)7(9(14)15)3-8(12)13;;/h4,7H,3H2,1-2H3,(H,12,13)(H,14,15);2*1H3. The molecule has 8 N–H and O–H groups in total. The first-order valence-electron chi connectivity index (χ1n) is 4.38. The summed E-state index contributed by atoms with van der Waals surface area (Å²) in [6.07, 6.45) is 1.06. The van der Waals surface area contributed by atoms with E-state index >= 15 is 0 Å². The molecule has 0 fully saturated rings. The largest absolute Gasteiger partial charge is 0.481 e. The molecule has 0 spiro atoms. The van der Waals surface area contributed by atoms with Gasteiger partial charge < -0.3 is 22.5 Å². The average molecular weight is 246 g/mol.